The lowest BCUT2D eigenvalue weighted by molar-refractivity contribution is 0.523. The van der Waals surface area contributed by atoms with Crippen LogP contribution in [0.5, 0.6) is 0 Å². The van der Waals surface area contributed by atoms with E-state index in [1.165, 1.54) is 96.3 Å². The van der Waals surface area contributed by atoms with Crippen molar-refractivity contribution in [3.05, 3.63) is 18.7 Å². The standard InChI is InChI=1S/C22H43N3/c1-2-3-4-5-6-7-8-9-10-11-12-13-14-15-16-17-23-18-20-25-21-19-24-22-25/h19,21-23H,2-18,20H2,1H3. The highest BCUT2D eigenvalue weighted by Crippen LogP contribution is 2.13. The molecule has 1 aromatic heterocycles. The molecule has 0 aromatic carbocycles. The number of rotatable bonds is 19. The number of imidazole rings is 1. The van der Waals surface area contributed by atoms with Gasteiger partial charge in [-0.3, -0.25) is 0 Å². The molecule has 0 atom stereocenters. The van der Waals surface area contributed by atoms with Crippen LogP contribution in [0, 0.1) is 0 Å². The molecule has 3 nitrogen and oxygen atoms in total. The van der Waals surface area contributed by atoms with Crippen molar-refractivity contribution in [2.75, 3.05) is 13.1 Å². The van der Waals surface area contributed by atoms with Gasteiger partial charge in [-0.2, -0.15) is 0 Å². The van der Waals surface area contributed by atoms with E-state index in [1.54, 1.807) is 0 Å². The highest BCUT2D eigenvalue weighted by Gasteiger charge is 1.95. The summed E-state index contributed by atoms with van der Waals surface area (Å²) >= 11 is 0. The van der Waals surface area contributed by atoms with Crippen molar-refractivity contribution in [2.24, 2.45) is 0 Å². The van der Waals surface area contributed by atoms with Gasteiger partial charge in [-0.15, -0.1) is 0 Å². The molecule has 0 aliphatic rings. The predicted octanol–water partition coefficient (Wildman–Crippen LogP) is 6.34. The van der Waals surface area contributed by atoms with E-state index in [9.17, 15) is 0 Å². The highest BCUT2D eigenvalue weighted by molar-refractivity contribution is 4.74. The van der Waals surface area contributed by atoms with Gasteiger partial charge in [0.05, 0.1) is 6.33 Å². The first kappa shape index (κ1) is 22.2. The molecule has 0 amide bonds. The zero-order chi connectivity index (χ0) is 17.8. The maximum absolute atomic E-state index is 4.06. The third-order valence-corrected chi connectivity index (χ3v) is 5.06. The second-order valence-electron chi connectivity index (χ2n) is 7.50. The largest absolute Gasteiger partial charge is 0.336 e. The van der Waals surface area contributed by atoms with E-state index in [2.05, 4.69) is 21.8 Å². The third-order valence-electron chi connectivity index (χ3n) is 5.06. The molecular weight excluding hydrogens is 306 g/mol. The Kier molecular flexibility index (Phi) is 16.0. The van der Waals surface area contributed by atoms with Crippen LogP contribution >= 0.6 is 0 Å². The van der Waals surface area contributed by atoms with Gasteiger partial charge in [0.25, 0.3) is 0 Å². The van der Waals surface area contributed by atoms with Gasteiger partial charge in [0, 0.05) is 25.5 Å². The van der Waals surface area contributed by atoms with Crippen LogP contribution in [0.15, 0.2) is 18.7 Å². The molecule has 0 aliphatic carbocycles. The second kappa shape index (κ2) is 18.0. The van der Waals surface area contributed by atoms with Crippen molar-refractivity contribution in [3.8, 4) is 0 Å². The third kappa shape index (κ3) is 15.2. The summed E-state index contributed by atoms with van der Waals surface area (Å²) in [5, 5.41) is 3.52. The van der Waals surface area contributed by atoms with Gasteiger partial charge in [-0.05, 0) is 13.0 Å². The Morgan fingerprint density at radius 3 is 1.68 bits per heavy atom. The molecule has 0 fully saturated rings. The second-order valence-corrected chi connectivity index (χ2v) is 7.50. The minimum Gasteiger partial charge on any atom is -0.336 e. The summed E-state index contributed by atoms with van der Waals surface area (Å²) < 4.78 is 2.12. The topological polar surface area (TPSA) is 29.9 Å². The first-order chi connectivity index (χ1) is 12.4. The Labute approximate surface area is 157 Å². The SMILES string of the molecule is CCCCCCCCCCCCCCCCCNCCn1ccnc1. The Hall–Kier alpha value is -0.830. The van der Waals surface area contributed by atoms with Crippen molar-refractivity contribution < 1.29 is 0 Å². The van der Waals surface area contributed by atoms with Crippen molar-refractivity contribution in [1.29, 1.82) is 0 Å². The van der Waals surface area contributed by atoms with Gasteiger partial charge in [0.1, 0.15) is 0 Å². The maximum atomic E-state index is 4.06. The Balaban J connectivity index is 1.65. The lowest BCUT2D eigenvalue weighted by Gasteiger charge is -2.06. The Morgan fingerprint density at radius 2 is 1.20 bits per heavy atom. The fourth-order valence-corrected chi connectivity index (χ4v) is 3.37. The van der Waals surface area contributed by atoms with Crippen molar-refractivity contribution in [3.63, 3.8) is 0 Å². The summed E-state index contributed by atoms with van der Waals surface area (Å²) in [6, 6.07) is 0. The van der Waals surface area contributed by atoms with Gasteiger partial charge >= 0.3 is 0 Å². The van der Waals surface area contributed by atoms with E-state index >= 15 is 0 Å². The first-order valence-corrected chi connectivity index (χ1v) is 11.1. The molecule has 0 radical (unpaired) electrons. The highest BCUT2D eigenvalue weighted by atomic mass is 15.0. The van der Waals surface area contributed by atoms with Crippen LogP contribution in [-0.2, 0) is 6.54 Å². The predicted molar refractivity (Wildman–Crippen MR) is 110 cm³/mol. The molecule has 0 aliphatic heterocycles. The minimum atomic E-state index is 1.03. The van der Waals surface area contributed by atoms with Crippen LogP contribution in [0.3, 0.4) is 0 Å². The van der Waals surface area contributed by atoms with E-state index in [-0.39, 0.29) is 0 Å². The van der Waals surface area contributed by atoms with Crippen LogP contribution in [0.25, 0.3) is 0 Å². The smallest absolute Gasteiger partial charge is 0.0946 e. The summed E-state index contributed by atoms with van der Waals surface area (Å²) in [5.41, 5.74) is 0. The molecular formula is C22H43N3. The van der Waals surface area contributed by atoms with Gasteiger partial charge in [0.2, 0.25) is 0 Å². The fourth-order valence-electron chi connectivity index (χ4n) is 3.37. The number of nitrogens with zero attached hydrogens (tertiary/aromatic N) is 2. The summed E-state index contributed by atoms with van der Waals surface area (Å²) in [6.45, 7) is 5.53. The fraction of sp³-hybridized carbons (Fsp3) is 0.864. The van der Waals surface area contributed by atoms with E-state index in [0.717, 1.165) is 19.6 Å². The normalized spacial score (nSPS) is 11.2. The van der Waals surface area contributed by atoms with Crippen LogP contribution in [0.4, 0.5) is 0 Å². The molecule has 3 heteroatoms. The summed E-state index contributed by atoms with van der Waals surface area (Å²) in [5.74, 6) is 0. The molecule has 0 unspecified atom stereocenters. The van der Waals surface area contributed by atoms with Crippen molar-refractivity contribution in [2.45, 2.75) is 110 Å². The first-order valence-electron chi connectivity index (χ1n) is 11.1. The molecule has 1 N–H and O–H groups in total. The number of hydrogen-bond acceptors (Lipinski definition) is 2. The van der Waals surface area contributed by atoms with Crippen LogP contribution in [-0.4, -0.2) is 22.6 Å². The zero-order valence-corrected chi connectivity index (χ0v) is 16.9. The molecule has 1 heterocycles. The van der Waals surface area contributed by atoms with Gasteiger partial charge in [0.15, 0.2) is 0 Å². The maximum Gasteiger partial charge on any atom is 0.0946 e. The van der Waals surface area contributed by atoms with Crippen molar-refractivity contribution in [1.82, 2.24) is 14.9 Å². The molecule has 25 heavy (non-hydrogen) atoms. The number of hydrogen-bond donors (Lipinski definition) is 1. The number of aromatic nitrogens is 2. The molecule has 0 saturated heterocycles. The van der Waals surface area contributed by atoms with Crippen LogP contribution < -0.4 is 5.32 Å². The van der Waals surface area contributed by atoms with Gasteiger partial charge in [-0.25, -0.2) is 4.98 Å². The molecule has 146 valence electrons. The monoisotopic (exact) mass is 349 g/mol. The lowest BCUT2D eigenvalue weighted by atomic mass is 10.0. The number of nitrogens with one attached hydrogen (secondary N) is 1. The quantitative estimate of drug-likeness (QED) is 0.295. The van der Waals surface area contributed by atoms with Crippen LogP contribution in [0.1, 0.15) is 103 Å². The summed E-state index contributed by atoms with van der Waals surface area (Å²) in [7, 11) is 0. The van der Waals surface area contributed by atoms with E-state index < -0.39 is 0 Å². The van der Waals surface area contributed by atoms with Gasteiger partial charge < -0.3 is 9.88 Å². The van der Waals surface area contributed by atoms with E-state index in [1.807, 2.05) is 18.7 Å². The van der Waals surface area contributed by atoms with E-state index in [0.29, 0.717) is 0 Å². The summed E-state index contributed by atoms with van der Waals surface area (Å²) in [4.78, 5) is 4.06. The van der Waals surface area contributed by atoms with E-state index in [4.69, 9.17) is 0 Å². The van der Waals surface area contributed by atoms with Crippen LogP contribution in [0.2, 0.25) is 0 Å². The molecule has 0 bridgehead atoms. The Morgan fingerprint density at radius 1 is 0.680 bits per heavy atom. The minimum absolute atomic E-state index is 1.03. The molecule has 1 aromatic rings. The molecule has 1 rings (SSSR count). The average Bonchev–Trinajstić information content (AvgIpc) is 3.14. The average molecular weight is 350 g/mol. The number of unbranched alkanes of at least 4 members (excludes halogenated alkanes) is 14. The van der Waals surface area contributed by atoms with Crippen molar-refractivity contribution >= 4 is 0 Å². The molecule has 0 spiro atoms. The molecule has 0 saturated carbocycles. The van der Waals surface area contributed by atoms with Gasteiger partial charge in [-0.1, -0.05) is 96.8 Å². The summed E-state index contributed by atoms with van der Waals surface area (Å²) in [6.07, 6.45) is 27.3. The zero-order valence-electron chi connectivity index (χ0n) is 16.9. The Bertz CT molecular complexity index is 348. The lowest BCUT2D eigenvalue weighted by Crippen LogP contribution is -2.20.